The number of aromatic nitrogens is 1. The van der Waals surface area contributed by atoms with Crippen LogP contribution in [0.25, 0.3) is 10.9 Å². The maximum atomic E-state index is 12.4. The number of carbonyl (C=O) groups is 1. The number of methoxy groups -OCH3 is 1. The van der Waals surface area contributed by atoms with Gasteiger partial charge in [-0.25, -0.2) is 0 Å². The molecule has 1 aliphatic rings. The molecule has 1 amide bonds. The summed E-state index contributed by atoms with van der Waals surface area (Å²) in [6.45, 7) is 10.2. The normalized spacial score (nSPS) is 17.2. The molecule has 1 atom stereocenters. The van der Waals surface area contributed by atoms with Crippen molar-refractivity contribution < 1.29 is 9.53 Å². The Balaban J connectivity index is 1.66. The lowest BCUT2D eigenvalue weighted by atomic mass is 9.95. The van der Waals surface area contributed by atoms with Crippen LogP contribution in [-0.4, -0.2) is 41.6 Å². The van der Waals surface area contributed by atoms with E-state index in [1.54, 1.807) is 7.11 Å². The Hall–Kier alpha value is -2.01. The fourth-order valence-corrected chi connectivity index (χ4v) is 3.92. The number of hydrogen-bond acceptors (Lipinski definition) is 3. The third-order valence-corrected chi connectivity index (χ3v) is 5.86. The second-order valence-corrected chi connectivity index (χ2v) is 7.69. The highest BCUT2D eigenvalue weighted by Gasteiger charge is 2.26. The average molecular weight is 372 g/mol. The third-order valence-electron chi connectivity index (χ3n) is 5.86. The molecule has 3 rings (SSSR count). The van der Waals surface area contributed by atoms with Crippen LogP contribution in [0.3, 0.4) is 0 Å². The van der Waals surface area contributed by atoms with Gasteiger partial charge in [0, 0.05) is 42.1 Å². The molecule has 5 heteroatoms. The fourth-order valence-electron chi connectivity index (χ4n) is 3.92. The van der Waals surface area contributed by atoms with Crippen LogP contribution in [0.5, 0.6) is 5.75 Å². The van der Waals surface area contributed by atoms with Crippen molar-refractivity contribution in [3.8, 4) is 5.75 Å². The summed E-state index contributed by atoms with van der Waals surface area (Å²) in [5, 5.41) is 4.41. The first-order valence-corrected chi connectivity index (χ1v) is 10.2. The number of aryl methyl sites for hydroxylation is 1. The number of rotatable bonds is 7. The summed E-state index contributed by atoms with van der Waals surface area (Å²) in [5.74, 6) is 1.29. The number of nitrogens with zero attached hydrogens (tertiary/aromatic N) is 2. The molecule has 1 aliphatic heterocycles. The second-order valence-electron chi connectivity index (χ2n) is 7.69. The Bertz CT molecular complexity index is 775. The lowest BCUT2D eigenvalue weighted by Gasteiger charge is -2.31. The summed E-state index contributed by atoms with van der Waals surface area (Å²) >= 11 is 0. The number of ether oxygens (including phenoxy) is 1. The molecule has 1 unspecified atom stereocenters. The predicted octanol–water partition coefficient (Wildman–Crippen LogP) is 3.80. The standard InChI is InChI=1S/C22H33N3O2/c1-5-16(3)23-22(26)17-9-11-24(12-10-17)14-18-15-25(6-2)21-8-7-19(27-4)13-20(18)21/h7-8,13,15-17H,5-6,9-12,14H2,1-4H3,(H,23,26). The van der Waals surface area contributed by atoms with Crippen LogP contribution in [0.2, 0.25) is 0 Å². The van der Waals surface area contributed by atoms with Gasteiger partial charge in [0.2, 0.25) is 5.91 Å². The topological polar surface area (TPSA) is 46.5 Å². The fraction of sp³-hybridized carbons (Fsp3) is 0.591. The maximum Gasteiger partial charge on any atom is 0.223 e. The quantitative estimate of drug-likeness (QED) is 0.805. The Morgan fingerprint density at radius 3 is 2.67 bits per heavy atom. The molecule has 0 bridgehead atoms. The van der Waals surface area contributed by atoms with Gasteiger partial charge in [-0.05, 0) is 70.0 Å². The van der Waals surface area contributed by atoms with Crippen molar-refractivity contribution >= 4 is 16.8 Å². The van der Waals surface area contributed by atoms with Gasteiger partial charge in [-0.2, -0.15) is 0 Å². The van der Waals surface area contributed by atoms with E-state index in [2.05, 4.69) is 53.9 Å². The van der Waals surface area contributed by atoms with Crippen LogP contribution in [0.4, 0.5) is 0 Å². The Labute approximate surface area is 162 Å². The van der Waals surface area contributed by atoms with Gasteiger partial charge in [0.25, 0.3) is 0 Å². The molecule has 1 saturated heterocycles. The first-order chi connectivity index (χ1) is 13.0. The van der Waals surface area contributed by atoms with E-state index >= 15 is 0 Å². The van der Waals surface area contributed by atoms with Gasteiger partial charge in [-0.15, -0.1) is 0 Å². The van der Waals surface area contributed by atoms with Crippen LogP contribution in [0, 0.1) is 5.92 Å². The Kier molecular flexibility index (Phi) is 6.42. The summed E-state index contributed by atoms with van der Waals surface area (Å²) in [5.41, 5.74) is 2.60. The summed E-state index contributed by atoms with van der Waals surface area (Å²) in [4.78, 5) is 14.8. The van der Waals surface area contributed by atoms with E-state index in [1.165, 1.54) is 16.5 Å². The highest BCUT2D eigenvalue weighted by atomic mass is 16.5. The molecular weight excluding hydrogens is 338 g/mol. The number of carbonyl (C=O) groups excluding carboxylic acids is 1. The lowest BCUT2D eigenvalue weighted by molar-refractivity contribution is -0.127. The predicted molar refractivity (Wildman–Crippen MR) is 110 cm³/mol. The highest BCUT2D eigenvalue weighted by molar-refractivity contribution is 5.85. The van der Waals surface area contributed by atoms with Gasteiger partial charge < -0.3 is 14.6 Å². The number of piperidine rings is 1. The zero-order valence-electron chi connectivity index (χ0n) is 17.1. The van der Waals surface area contributed by atoms with Crippen molar-refractivity contribution in [1.29, 1.82) is 0 Å². The molecule has 0 radical (unpaired) electrons. The zero-order valence-corrected chi connectivity index (χ0v) is 17.1. The molecule has 27 heavy (non-hydrogen) atoms. The van der Waals surface area contributed by atoms with E-state index in [0.717, 1.165) is 51.2 Å². The number of likely N-dealkylation sites (tertiary alicyclic amines) is 1. The van der Waals surface area contributed by atoms with Crippen molar-refractivity contribution in [2.24, 2.45) is 5.92 Å². The number of hydrogen-bond donors (Lipinski definition) is 1. The molecule has 0 spiro atoms. The Morgan fingerprint density at radius 1 is 1.30 bits per heavy atom. The van der Waals surface area contributed by atoms with Crippen molar-refractivity contribution in [3.05, 3.63) is 30.0 Å². The third kappa shape index (κ3) is 4.46. The molecule has 148 valence electrons. The van der Waals surface area contributed by atoms with E-state index in [0.29, 0.717) is 0 Å². The van der Waals surface area contributed by atoms with Crippen molar-refractivity contribution in [2.45, 2.75) is 59.2 Å². The van der Waals surface area contributed by atoms with E-state index < -0.39 is 0 Å². The van der Waals surface area contributed by atoms with E-state index in [-0.39, 0.29) is 17.9 Å². The minimum absolute atomic E-state index is 0.160. The van der Waals surface area contributed by atoms with Crippen LogP contribution in [-0.2, 0) is 17.9 Å². The molecule has 2 heterocycles. The van der Waals surface area contributed by atoms with E-state index in [9.17, 15) is 4.79 Å². The maximum absolute atomic E-state index is 12.4. The summed E-state index contributed by atoms with van der Waals surface area (Å²) < 4.78 is 7.73. The van der Waals surface area contributed by atoms with Crippen LogP contribution in [0.15, 0.2) is 24.4 Å². The molecule has 0 saturated carbocycles. The van der Waals surface area contributed by atoms with Gasteiger partial charge >= 0.3 is 0 Å². The highest BCUT2D eigenvalue weighted by Crippen LogP contribution is 2.28. The summed E-state index contributed by atoms with van der Waals surface area (Å²) in [7, 11) is 1.72. The number of amides is 1. The van der Waals surface area contributed by atoms with Gasteiger partial charge in [0.05, 0.1) is 7.11 Å². The molecule has 0 aliphatic carbocycles. The van der Waals surface area contributed by atoms with E-state index in [4.69, 9.17) is 4.74 Å². The van der Waals surface area contributed by atoms with E-state index in [1.807, 2.05) is 6.07 Å². The average Bonchev–Trinajstić information content (AvgIpc) is 3.05. The number of nitrogens with one attached hydrogen (secondary N) is 1. The van der Waals surface area contributed by atoms with Crippen molar-refractivity contribution in [3.63, 3.8) is 0 Å². The molecule has 1 aromatic carbocycles. The first kappa shape index (κ1) is 19.7. The number of fused-ring (bicyclic) bond motifs is 1. The lowest BCUT2D eigenvalue weighted by Crippen LogP contribution is -2.42. The monoisotopic (exact) mass is 371 g/mol. The Morgan fingerprint density at radius 2 is 2.04 bits per heavy atom. The minimum atomic E-state index is 0.160. The zero-order chi connectivity index (χ0) is 19.4. The molecular formula is C22H33N3O2. The molecule has 5 nitrogen and oxygen atoms in total. The van der Waals surface area contributed by atoms with Gasteiger partial charge in [0.1, 0.15) is 5.75 Å². The largest absolute Gasteiger partial charge is 0.497 e. The minimum Gasteiger partial charge on any atom is -0.497 e. The first-order valence-electron chi connectivity index (χ1n) is 10.2. The van der Waals surface area contributed by atoms with Crippen LogP contribution >= 0.6 is 0 Å². The molecule has 1 fully saturated rings. The summed E-state index contributed by atoms with van der Waals surface area (Å²) in [6, 6.07) is 6.58. The van der Waals surface area contributed by atoms with Gasteiger partial charge in [0.15, 0.2) is 0 Å². The van der Waals surface area contributed by atoms with Crippen molar-refractivity contribution in [2.75, 3.05) is 20.2 Å². The smallest absolute Gasteiger partial charge is 0.223 e. The SMILES string of the molecule is CCC(C)NC(=O)C1CCN(Cc2cn(CC)c3ccc(OC)cc23)CC1. The van der Waals surface area contributed by atoms with Gasteiger partial charge in [-0.3, -0.25) is 9.69 Å². The van der Waals surface area contributed by atoms with Crippen LogP contribution < -0.4 is 10.1 Å². The molecule has 1 N–H and O–H groups in total. The number of benzene rings is 1. The van der Waals surface area contributed by atoms with Gasteiger partial charge in [-0.1, -0.05) is 6.92 Å². The second kappa shape index (κ2) is 8.79. The summed E-state index contributed by atoms with van der Waals surface area (Å²) in [6.07, 6.45) is 5.14. The molecule has 1 aromatic heterocycles. The van der Waals surface area contributed by atoms with Crippen LogP contribution in [0.1, 0.15) is 45.6 Å². The molecule has 2 aromatic rings. The van der Waals surface area contributed by atoms with Crippen molar-refractivity contribution in [1.82, 2.24) is 14.8 Å².